The fourth-order valence-corrected chi connectivity index (χ4v) is 1.50. The van der Waals surface area contributed by atoms with Crippen molar-refractivity contribution < 1.29 is 0 Å². The zero-order valence-electron chi connectivity index (χ0n) is 8.92. The highest BCUT2D eigenvalue weighted by Gasteiger charge is 2.24. The number of nitrogens with two attached hydrogens (primary N) is 2. The Balaban J connectivity index is 5.16. The van der Waals surface area contributed by atoms with E-state index in [0.29, 0.717) is 5.70 Å². The minimum Gasteiger partial charge on any atom is -0.400 e. The minimum absolute atomic E-state index is 0.0779. The summed E-state index contributed by atoms with van der Waals surface area (Å²) >= 11 is 4.76. The van der Waals surface area contributed by atoms with Crippen LogP contribution in [0.25, 0.3) is 0 Å². The van der Waals surface area contributed by atoms with E-state index in [-0.39, 0.29) is 16.0 Å². The predicted molar refractivity (Wildman–Crippen MR) is 62.3 cm³/mol. The molecule has 0 aliphatic rings. The van der Waals surface area contributed by atoms with Gasteiger partial charge in [0.1, 0.15) is 16.6 Å². The second-order valence-electron chi connectivity index (χ2n) is 3.90. The Morgan fingerprint density at radius 3 is 2.21 bits per heavy atom. The van der Waals surface area contributed by atoms with Gasteiger partial charge in [-0.3, -0.25) is 0 Å². The van der Waals surface area contributed by atoms with Gasteiger partial charge in [-0.05, 0) is 6.42 Å². The minimum atomic E-state index is -0.219. The smallest absolute Gasteiger partial charge is 0.116 e. The zero-order valence-corrected chi connectivity index (χ0v) is 9.74. The van der Waals surface area contributed by atoms with Crippen LogP contribution in [0, 0.1) is 16.7 Å². The Labute approximate surface area is 90.8 Å². The summed E-state index contributed by atoms with van der Waals surface area (Å²) in [4.78, 5) is 0.0779. The van der Waals surface area contributed by atoms with Crippen LogP contribution in [0.4, 0.5) is 0 Å². The van der Waals surface area contributed by atoms with Crippen LogP contribution in [0.3, 0.4) is 0 Å². The number of hydrogen-bond acceptors (Lipinski definition) is 3. The summed E-state index contributed by atoms with van der Waals surface area (Å²) in [6, 6.07) is 1.95. The van der Waals surface area contributed by atoms with E-state index >= 15 is 0 Å². The molecule has 0 aliphatic carbocycles. The van der Waals surface area contributed by atoms with Crippen molar-refractivity contribution in [3.63, 3.8) is 0 Å². The van der Waals surface area contributed by atoms with Gasteiger partial charge in [-0.1, -0.05) is 39.4 Å². The highest BCUT2D eigenvalue weighted by Crippen LogP contribution is 2.30. The topological polar surface area (TPSA) is 75.8 Å². The molecule has 0 radical (unpaired) electrons. The molecular weight excluding hydrogens is 194 g/mol. The van der Waals surface area contributed by atoms with Gasteiger partial charge < -0.3 is 11.5 Å². The lowest BCUT2D eigenvalue weighted by molar-refractivity contribution is 0.397. The van der Waals surface area contributed by atoms with Gasteiger partial charge in [0.05, 0.1) is 0 Å². The van der Waals surface area contributed by atoms with E-state index in [2.05, 4.69) is 6.92 Å². The molecule has 0 aromatic heterocycles. The van der Waals surface area contributed by atoms with Gasteiger partial charge in [0.25, 0.3) is 0 Å². The average Bonchev–Trinajstić information content (AvgIpc) is 2.04. The summed E-state index contributed by atoms with van der Waals surface area (Å²) in [5.41, 5.74) is 11.8. The molecule has 0 spiro atoms. The first-order chi connectivity index (χ1) is 6.36. The van der Waals surface area contributed by atoms with E-state index in [9.17, 15) is 0 Å². The summed E-state index contributed by atoms with van der Waals surface area (Å²) in [6.07, 6.45) is 1.91. The first-order valence-corrected chi connectivity index (χ1v) is 4.97. The summed E-state index contributed by atoms with van der Waals surface area (Å²) in [5.74, 6) is 0. The lowest BCUT2D eigenvalue weighted by atomic mass is 9.82. The van der Waals surface area contributed by atoms with Crippen LogP contribution >= 0.6 is 12.2 Å². The van der Waals surface area contributed by atoms with Crippen molar-refractivity contribution >= 4 is 17.2 Å². The standard InChI is InChI=1S/C10H17N3S/c1-4-5-10(2,3)8(12)7(6-11)9(13)14/h4-5,12H2,1-3H3,(H2,13,14)/b8-7+. The van der Waals surface area contributed by atoms with E-state index < -0.39 is 0 Å². The third-order valence-electron chi connectivity index (χ3n) is 2.23. The zero-order chi connectivity index (χ0) is 11.4. The monoisotopic (exact) mass is 211 g/mol. The molecule has 14 heavy (non-hydrogen) atoms. The van der Waals surface area contributed by atoms with Crippen molar-refractivity contribution in [2.45, 2.75) is 33.6 Å². The number of allylic oxidation sites excluding steroid dienone is 1. The number of hydrogen-bond donors (Lipinski definition) is 2. The lowest BCUT2D eigenvalue weighted by Gasteiger charge is -2.25. The fraction of sp³-hybridized carbons (Fsp3) is 0.600. The van der Waals surface area contributed by atoms with Crippen molar-refractivity contribution in [2.24, 2.45) is 16.9 Å². The van der Waals surface area contributed by atoms with Crippen LogP contribution in [0.5, 0.6) is 0 Å². The van der Waals surface area contributed by atoms with Gasteiger partial charge in [0, 0.05) is 11.1 Å². The third kappa shape index (κ3) is 3.00. The largest absolute Gasteiger partial charge is 0.400 e. The molecule has 3 nitrogen and oxygen atoms in total. The maximum Gasteiger partial charge on any atom is 0.116 e. The molecular formula is C10H17N3S. The maximum absolute atomic E-state index is 8.84. The number of rotatable bonds is 4. The van der Waals surface area contributed by atoms with Gasteiger partial charge >= 0.3 is 0 Å². The Morgan fingerprint density at radius 2 is 1.93 bits per heavy atom. The van der Waals surface area contributed by atoms with Crippen molar-refractivity contribution in [1.29, 1.82) is 5.26 Å². The average molecular weight is 211 g/mol. The Morgan fingerprint density at radius 1 is 1.43 bits per heavy atom. The van der Waals surface area contributed by atoms with Crippen LogP contribution < -0.4 is 11.5 Å². The van der Waals surface area contributed by atoms with Crippen LogP contribution in [0.1, 0.15) is 33.6 Å². The molecule has 4 heteroatoms. The molecule has 0 saturated carbocycles. The molecule has 0 aromatic rings. The molecule has 0 saturated heterocycles. The van der Waals surface area contributed by atoms with E-state index in [1.165, 1.54) is 0 Å². The summed E-state index contributed by atoms with van der Waals surface area (Å²) in [6.45, 7) is 6.05. The normalized spacial score (nSPS) is 13.0. The van der Waals surface area contributed by atoms with Crippen molar-refractivity contribution in [3.05, 3.63) is 11.3 Å². The Bertz CT molecular complexity index is 297. The van der Waals surface area contributed by atoms with Gasteiger partial charge in [0.15, 0.2) is 0 Å². The Hall–Kier alpha value is -1.08. The SMILES string of the molecule is CCCC(C)(C)/C(N)=C(/C#N)C(N)=S. The summed E-state index contributed by atoms with van der Waals surface area (Å²) in [5, 5.41) is 8.84. The molecule has 0 rings (SSSR count). The molecule has 0 amide bonds. The van der Waals surface area contributed by atoms with E-state index in [1.54, 1.807) is 0 Å². The first kappa shape index (κ1) is 12.9. The number of nitriles is 1. The second kappa shape index (κ2) is 4.97. The van der Waals surface area contributed by atoms with Crippen molar-refractivity contribution in [1.82, 2.24) is 0 Å². The van der Waals surface area contributed by atoms with Gasteiger partial charge in [0.2, 0.25) is 0 Å². The quantitative estimate of drug-likeness (QED) is 0.422. The molecule has 0 unspecified atom stereocenters. The van der Waals surface area contributed by atoms with Crippen LogP contribution in [-0.4, -0.2) is 4.99 Å². The molecule has 0 aliphatic heterocycles. The lowest BCUT2D eigenvalue weighted by Crippen LogP contribution is -2.26. The van der Waals surface area contributed by atoms with Crippen LogP contribution in [0.15, 0.2) is 11.3 Å². The highest BCUT2D eigenvalue weighted by molar-refractivity contribution is 7.80. The number of nitrogens with zero attached hydrogens (tertiary/aromatic N) is 1. The third-order valence-corrected chi connectivity index (χ3v) is 2.44. The molecule has 78 valence electrons. The van der Waals surface area contributed by atoms with Gasteiger partial charge in [-0.15, -0.1) is 0 Å². The Kier molecular flexibility index (Phi) is 4.58. The van der Waals surface area contributed by atoms with E-state index in [1.807, 2.05) is 19.9 Å². The predicted octanol–water partition coefficient (Wildman–Crippen LogP) is 1.84. The second-order valence-corrected chi connectivity index (χ2v) is 4.34. The maximum atomic E-state index is 8.84. The molecule has 0 atom stereocenters. The molecule has 4 N–H and O–H groups in total. The van der Waals surface area contributed by atoms with Crippen LogP contribution in [-0.2, 0) is 0 Å². The highest BCUT2D eigenvalue weighted by atomic mass is 32.1. The number of thiocarbonyl (C=S) groups is 1. The molecule has 0 aromatic carbocycles. The molecule has 0 heterocycles. The summed E-state index contributed by atoms with van der Waals surface area (Å²) in [7, 11) is 0. The summed E-state index contributed by atoms with van der Waals surface area (Å²) < 4.78 is 0. The van der Waals surface area contributed by atoms with Gasteiger partial charge in [-0.25, -0.2) is 0 Å². The van der Waals surface area contributed by atoms with E-state index in [0.717, 1.165) is 12.8 Å². The molecule has 0 fully saturated rings. The van der Waals surface area contributed by atoms with E-state index in [4.69, 9.17) is 28.9 Å². The van der Waals surface area contributed by atoms with Gasteiger partial charge in [-0.2, -0.15) is 5.26 Å². The first-order valence-electron chi connectivity index (χ1n) is 4.57. The van der Waals surface area contributed by atoms with Crippen molar-refractivity contribution in [3.8, 4) is 6.07 Å². The fourth-order valence-electron chi connectivity index (χ4n) is 1.35. The molecule has 0 bridgehead atoms. The van der Waals surface area contributed by atoms with Crippen molar-refractivity contribution in [2.75, 3.05) is 0 Å². The van der Waals surface area contributed by atoms with Crippen LogP contribution in [0.2, 0.25) is 0 Å².